The van der Waals surface area contributed by atoms with Gasteiger partial charge in [0.1, 0.15) is 12.0 Å². The zero-order valence-corrected chi connectivity index (χ0v) is 15.3. The summed E-state index contributed by atoms with van der Waals surface area (Å²) in [7, 11) is 0. The number of nitrogens with zero attached hydrogens (tertiary/aromatic N) is 3. The number of β-amino-alcohol motifs (C(OH)–C–C–N with tert-alkyl or cyclic N) is 1. The molecule has 7 heteroatoms. The molecular formula is C18H24N4O2S. The first-order chi connectivity index (χ1) is 11.6. The van der Waals surface area contributed by atoms with E-state index in [4.69, 9.17) is 0 Å². The highest BCUT2D eigenvalue weighted by molar-refractivity contribution is 7.59. The normalized spacial score (nSPS) is 15.0. The van der Waals surface area contributed by atoms with Crippen molar-refractivity contribution in [3.8, 4) is 0 Å². The molecule has 0 fully saturated rings. The summed E-state index contributed by atoms with van der Waals surface area (Å²) in [6, 6.07) is 10.0. The van der Waals surface area contributed by atoms with Crippen LogP contribution in [-0.4, -0.2) is 51.6 Å². The van der Waals surface area contributed by atoms with Crippen LogP contribution in [0.25, 0.3) is 0 Å². The minimum Gasteiger partial charge on any atom is -0.390 e. The van der Waals surface area contributed by atoms with Crippen LogP contribution in [-0.2, 0) is 13.0 Å². The summed E-state index contributed by atoms with van der Waals surface area (Å²) >= 11 is 0. The Bertz CT molecular complexity index is 726. The second-order valence-corrected chi connectivity index (χ2v) is 6.16. The van der Waals surface area contributed by atoms with Crippen LogP contribution in [0.1, 0.15) is 27.3 Å². The van der Waals surface area contributed by atoms with Crippen molar-refractivity contribution in [1.82, 2.24) is 20.2 Å². The highest BCUT2D eigenvalue weighted by Crippen LogP contribution is 2.18. The van der Waals surface area contributed by atoms with Crippen molar-refractivity contribution in [1.29, 1.82) is 0 Å². The van der Waals surface area contributed by atoms with Gasteiger partial charge in [0.2, 0.25) is 0 Å². The molecule has 1 aromatic heterocycles. The number of amides is 1. The predicted molar refractivity (Wildman–Crippen MR) is 101 cm³/mol. The van der Waals surface area contributed by atoms with Crippen molar-refractivity contribution in [2.24, 2.45) is 0 Å². The lowest BCUT2D eigenvalue weighted by Gasteiger charge is -2.30. The molecule has 0 radical (unpaired) electrons. The molecule has 0 aliphatic carbocycles. The standard InChI is InChI=1S/C18H22N4O2.H2S/c1-13-8-17(21-12-20-13)18(24)19-9-16(23)11-22-7-6-14-4-2-3-5-15(14)10-22;/h2-5,8,12,16,23H,6-7,9-11H2,1H3,(H,19,24);1H2/t16-;/m0./s1. The van der Waals surface area contributed by atoms with Gasteiger partial charge in [-0.05, 0) is 30.5 Å². The molecule has 134 valence electrons. The molecule has 2 heterocycles. The van der Waals surface area contributed by atoms with E-state index >= 15 is 0 Å². The van der Waals surface area contributed by atoms with E-state index in [1.165, 1.54) is 17.5 Å². The molecular weight excluding hydrogens is 336 g/mol. The highest BCUT2D eigenvalue weighted by Gasteiger charge is 2.19. The Morgan fingerprint density at radius 2 is 2.08 bits per heavy atom. The van der Waals surface area contributed by atoms with Crippen LogP contribution in [0.5, 0.6) is 0 Å². The van der Waals surface area contributed by atoms with Gasteiger partial charge in [0.15, 0.2) is 0 Å². The van der Waals surface area contributed by atoms with Crippen molar-refractivity contribution < 1.29 is 9.90 Å². The molecule has 0 saturated heterocycles. The number of aliphatic hydroxyl groups excluding tert-OH is 1. The fourth-order valence-corrected chi connectivity index (χ4v) is 2.95. The lowest BCUT2D eigenvalue weighted by Crippen LogP contribution is -2.42. The third-order valence-corrected chi connectivity index (χ3v) is 4.21. The Morgan fingerprint density at radius 1 is 1.32 bits per heavy atom. The van der Waals surface area contributed by atoms with Crippen molar-refractivity contribution in [2.75, 3.05) is 19.6 Å². The number of fused-ring (bicyclic) bond motifs is 1. The summed E-state index contributed by atoms with van der Waals surface area (Å²) in [6.45, 7) is 4.32. The molecule has 0 bridgehead atoms. The van der Waals surface area contributed by atoms with Crippen molar-refractivity contribution in [3.63, 3.8) is 0 Å². The van der Waals surface area contributed by atoms with E-state index < -0.39 is 6.10 Å². The SMILES string of the molecule is Cc1cc(C(=O)NC[C@H](O)CN2CCc3ccccc3C2)ncn1.S. The second kappa shape index (κ2) is 8.94. The summed E-state index contributed by atoms with van der Waals surface area (Å²) < 4.78 is 0. The molecule has 1 aromatic carbocycles. The average Bonchev–Trinajstić information content (AvgIpc) is 2.59. The number of carbonyl (C=O) groups is 1. The Labute approximate surface area is 154 Å². The van der Waals surface area contributed by atoms with Crippen molar-refractivity contribution in [2.45, 2.75) is 26.0 Å². The number of benzene rings is 1. The summed E-state index contributed by atoms with van der Waals surface area (Å²) in [5, 5.41) is 12.9. The second-order valence-electron chi connectivity index (χ2n) is 6.16. The highest BCUT2D eigenvalue weighted by atomic mass is 32.1. The van der Waals surface area contributed by atoms with Gasteiger partial charge >= 0.3 is 0 Å². The third kappa shape index (κ3) is 5.26. The minimum atomic E-state index is -0.609. The molecule has 6 nitrogen and oxygen atoms in total. The van der Waals surface area contributed by atoms with Crippen LogP contribution in [0.2, 0.25) is 0 Å². The number of aliphatic hydroxyl groups is 1. The molecule has 0 saturated carbocycles. The third-order valence-electron chi connectivity index (χ3n) is 4.21. The van der Waals surface area contributed by atoms with Crippen molar-refractivity contribution >= 4 is 19.4 Å². The fraction of sp³-hybridized carbons (Fsp3) is 0.389. The lowest BCUT2D eigenvalue weighted by molar-refractivity contribution is 0.0838. The number of hydrogen-bond donors (Lipinski definition) is 2. The molecule has 1 atom stereocenters. The Morgan fingerprint density at radius 3 is 2.84 bits per heavy atom. The molecule has 1 aliphatic rings. The minimum absolute atomic E-state index is 0. The number of aromatic nitrogens is 2. The molecule has 2 aromatic rings. The summed E-state index contributed by atoms with van der Waals surface area (Å²) in [5.74, 6) is -0.288. The molecule has 2 N–H and O–H groups in total. The molecule has 1 amide bonds. The fourth-order valence-electron chi connectivity index (χ4n) is 2.95. The number of carbonyl (C=O) groups excluding carboxylic acids is 1. The van der Waals surface area contributed by atoms with E-state index in [2.05, 4.69) is 38.4 Å². The van der Waals surface area contributed by atoms with Gasteiger partial charge in [-0.25, -0.2) is 9.97 Å². The maximum atomic E-state index is 12.0. The van der Waals surface area contributed by atoms with Gasteiger partial charge in [0.05, 0.1) is 6.10 Å². The summed E-state index contributed by atoms with van der Waals surface area (Å²) in [6.07, 6.45) is 1.75. The lowest BCUT2D eigenvalue weighted by atomic mass is 10.00. The maximum Gasteiger partial charge on any atom is 0.270 e. The number of hydrogen-bond acceptors (Lipinski definition) is 5. The molecule has 1 aliphatic heterocycles. The van der Waals surface area contributed by atoms with Gasteiger partial charge in [-0.2, -0.15) is 13.5 Å². The zero-order chi connectivity index (χ0) is 16.9. The molecule has 25 heavy (non-hydrogen) atoms. The summed E-state index contributed by atoms with van der Waals surface area (Å²) in [5.41, 5.74) is 3.76. The average molecular weight is 360 g/mol. The van der Waals surface area contributed by atoms with Crippen LogP contribution in [0, 0.1) is 6.92 Å². The first-order valence-electron chi connectivity index (χ1n) is 8.16. The first kappa shape index (κ1) is 19.4. The predicted octanol–water partition coefficient (Wildman–Crippen LogP) is 1.05. The monoisotopic (exact) mass is 360 g/mol. The molecule has 3 rings (SSSR count). The first-order valence-corrected chi connectivity index (χ1v) is 8.16. The van der Waals surface area contributed by atoms with Crippen LogP contribution in [0.4, 0.5) is 0 Å². The van der Waals surface area contributed by atoms with E-state index in [9.17, 15) is 9.90 Å². The van der Waals surface area contributed by atoms with Gasteiger partial charge in [-0.3, -0.25) is 9.69 Å². The topological polar surface area (TPSA) is 78.4 Å². The van der Waals surface area contributed by atoms with E-state index in [1.807, 2.05) is 13.0 Å². The van der Waals surface area contributed by atoms with Gasteiger partial charge in [-0.1, -0.05) is 24.3 Å². The maximum absolute atomic E-state index is 12.0. The Balaban J connectivity index is 0.00000225. The van der Waals surface area contributed by atoms with Gasteiger partial charge in [-0.15, -0.1) is 0 Å². The molecule has 0 spiro atoms. The largest absolute Gasteiger partial charge is 0.390 e. The molecule has 0 unspecified atom stereocenters. The van der Waals surface area contributed by atoms with Crippen LogP contribution >= 0.6 is 13.5 Å². The van der Waals surface area contributed by atoms with E-state index in [0.717, 1.165) is 25.2 Å². The number of rotatable bonds is 5. The summed E-state index contributed by atoms with van der Waals surface area (Å²) in [4.78, 5) is 22.2. The van der Waals surface area contributed by atoms with Crippen LogP contribution in [0.3, 0.4) is 0 Å². The van der Waals surface area contributed by atoms with Crippen LogP contribution in [0.15, 0.2) is 36.7 Å². The van der Waals surface area contributed by atoms with Gasteiger partial charge < -0.3 is 10.4 Å². The zero-order valence-electron chi connectivity index (χ0n) is 14.3. The van der Waals surface area contributed by atoms with E-state index in [-0.39, 0.29) is 25.9 Å². The Kier molecular flexibility index (Phi) is 6.92. The van der Waals surface area contributed by atoms with E-state index in [1.54, 1.807) is 6.07 Å². The quantitative estimate of drug-likeness (QED) is 0.833. The van der Waals surface area contributed by atoms with Gasteiger partial charge in [0.25, 0.3) is 5.91 Å². The van der Waals surface area contributed by atoms with E-state index in [0.29, 0.717) is 12.2 Å². The Hall–Kier alpha value is -1.96. The van der Waals surface area contributed by atoms with Crippen molar-refractivity contribution in [3.05, 3.63) is 59.2 Å². The van der Waals surface area contributed by atoms with Gasteiger partial charge in [0, 0.05) is 31.9 Å². The van der Waals surface area contributed by atoms with Crippen LogP contribution < -0.4 is 5.32 Å². The number of aryl methyl sites for hydroxylation is 1. The number of nitrogens with one attached hydrogen (secondary N) is 1. The smallest absolute Gasteiger partial charge is 0.270 e.